The lowest BCUT2D eigenvalue weighted by Crippen LogP contribution is -2.29. The fraction of sp³-hybridized carbons (Fsp3) is 0.364. The summed E-state index contributed by atoms with van der Waals surface area (Å²) in [5, 5.41) is 5.53. The Balaban J connectivity index is 2.60. The van der Waals surface area contributed by atoms with Crippen molar-refractivity contribution in [2.45, 2.75) is 20.3 Å². The minimum absolute atomic E-state index is 0.158. The standard InChI is InChI=1S/C11H15BrN2O/c1-3-4-13-11(15)14-10-6-8(2)5-9(12)7-10/h5-7H,3-4H2,1-2H3,(H2,13,14,15). The second-order valence-electron chi connectivity index (χ2n) is 3.40. The third kappa shape index (κ3) is 4.34. The molecule has 0 unspecified atom stereocenters. The van der Waals surface area contributed by atoms with E-state index in [4.69, 9.17) is 0 Å². The molecule has 82 valence electrons. The molecule has 0 bridgehead atoms. The molecule has 0 atom stereocenters. The van der Waals surface area contributed by atoms with Crippen LogP contribution in [0.2, 0.25) is 0 Å². The zero-order chi connectivity index (χ0) is 11.3. The van der Waals surface area contributed by atoms with E-state index in [1.807, 2.05) is 32.0 Å². The molecule has 1 rings (SSSR count). The molecule has 1 aromatic carbocycles. The van der Waals surface area contributed by atoms with Gasteiger partial charge in [0.1, 0.15) is 0 Å². The van der Waals surface area contributed by atoms with Crippen LogP contribution in [0.15, 0.2) is 22.7 Å². The summed E-state index contributed by atoms with van der Waals surface area (Å²) in [5.74, 6) is 0. The van der Waals surface area contributed by atoms with Crippen molar-refractivity contribution >= 4 is 27.6 Å². The van der Waals surface area contributed by atoms with E-state index in [0.717, 1.165) is 22.1 Å². The molecule has 0 radical (unpaired) electrons. The first-order chi connectivity index (χ1) is 7.11. The summed E-state index contributed by atoms with van der Waals surface area (Å²) in [5.41, 5.74) is 1.91. The molecule has 0 saturated carbocycles. The maximum absolute atomic E-state index is 11.4. The average molecular weight is 271 g/mol. The Morgan fingerprint density at radius 1 is 1.40 bits per heavy atom. The molecule has 0 aliphatic carbocycles. The third-order valence-corrected chi connectivity index (χ3v) is 2.29. The van der Waals surface area contributed by atoms with Gasteiger partial charge in [-0.25, -0.2) is 4.79 Å². The number of carbonyl (C=O) groups is 1. The summed E-state index contributed by atoms with van der Waals surface area (Å²) < 4.78 is 0.966. The highest BCUT2D eigenvalue weighted by Gasteiger charge is 2.01. The van der Waals surface area contributed by atoms with E-state index in [1.165, 1.54) is 0 Å². The van der Waals surface area contributed by atoms with Gasteiger partial charge in [-0.05, 0) is 37.1 Å². The molecule has 0 heterocycles. The molecule has 2 N–H and O–H groups in total. The van der Waals surface area contributed by atoms with E-state index >= 15 is 0 Å². The van der Waals surface area contributed by atoms with Crippen LogP contribution in [-0.4, -0.2) is 12.6 Å². The molecule has 0 saturated heterocycles. The second-order valence-corrected chi connectivity index (χ2v) is 4.31. The smallest absolute Gasteiger partial charge is 0.319 e. The number of aryl methyl sites for hydroxylation is 1. The molecular weight excluding hydrogens is 256 g/mol. The first kappa shape index (κ1) is 12.0. The van der Waals surface area contributed by atoms with Crippen molar-refractivity contribution in [1.82, 2.24) is 5.32 Å². The molecule has 0 aliphatic heterocycles. The van der Waals surface area contributed by atoms with Crippen LogP contribution in [0.4, 0.5) is 10.5 Å². The lowest BCUT2D eigenvalue weighted by atomic mass is 10.2. The predicted octanol–water partition coefficient (Wildman–Crippen LogP) is 3.29. The Hall–Kier alpha value is -1.03. The van der Waals surface area contributed by atoms with E-state index in [2.05, 4.69) is 26.6 Å². The van der Waals surface area contributed by atoms with Gasteiger partial charge in [-0.3, -0.25) is 0 Å². The van der Waals surface area contributed by atoms with Crippen LogP contribution in [0.3, 0.4) is 0 Å². The highest BCUT2D eigenvalue weighted by atomic mass is 79.9. The number of benzene rings is 1. The first-order valence-corrected chi connectivity index (χ1v) is 5.73. The van der Waals surface area contributed by atoms with Crippen molar-refractivity contribution in [1.29, 1.82) is 0 Å². The molecular formula is C11H15BrN2O. The summed E-state index contributed by atoms with van der Waals surface area (Å²) in [6.07, 6.45) is 0.935. The summed E-state index contributed by atoms with van der Waals surface area (Å²) >= 11 is 3.38. The summed E-state index contributed by atoms with van der Waals surface area (Å²) in [4.78, 5) is 11.4. The van der Waals surface area contributed by atoms with E-state index in [-0.39, 0.29) is 6.03 Å². The van der Waals surface area contributed by atoms with Gasteiger partial charge >= 0.3 is 6.03 Å². The number of carbonyl (C=O) groups excluding carboxylic acids is 1. The number of rotatable bonds is 3. The lowest BCUT2D eigenvalue weighted by molar-refractivity contribution is 0.252. The Morgan fingerprint density at radius 2 is 2.13 bits per heavy atom. The van der Waals surface area contributed by atoms with Crippen LogP contribution in [0, 0.1) is 6.92 Å². The fourth-order valence-corrected chi connectivity index (χ4v) is 1.83. The quantitative estimate of drug-likeness (QED) is 0.870. The van der Waals surface area contributed by atoms with Crippen molar-refractivity contribution in [3.8, 4) is 0 Å². The van der Waals surface area contributed by atoms with E-state index in [1.54, 1.807) is 0 Å². The highest BCUT2D eigenvalue weighted by Crippen LogP contribution is 2.18. The van der Waals surface area contributed by atoms with Gasteiger partial charge in [0.25, 0.3) is 0 Å². The molecule has 0 spiro atoms. The molecule has 4 heteroatoms. The number of hydrogen-bond acceptors (Lipinski definition) is 1. The monoisotopic (exact) mass is 270 g/mol. The minimum atomic E-state index is -0.158. The van der Waals surface area contributed by atoms with Gasteiger partial charge in [0, 0.05) is 16.7 Å². The van der Waals surface area contributed by atoms with Crippen molar-refractivity contribution in [3.63, 3.8) is 0 Å². The lowest BCUT2D eigenvalue weighted by Gasteiger charge is -2.07. The fourth-order valence-electron chi connectivity index (χ4n) is 1.22. The zero-order valence-electron chi connectivity index (χ0n) is 8.93. The number of halogens is 1. The Kier molecular flexibility index (Phi) is 4.62. The van der Waals surface area contributed by atoms with Gasteiger partial charge in [-0.2, -0.15) is 0 Å². The number of hydrogen-bond donors (Lipinski definition) is 2. The summed E-state index contributed by atoms with van der Waals surface area (Å²) in [6.45, 7) is 4.70. The normalized spacial score (nSPS) is 9.80. The maximum atomic E-state index is 11.4. The molecule has 0 aromatic heterocycles. The third-order valence-electron chi connectivity index (χ3n) is 1.84. The highest BCUT2D eigenvalue weighted by molar-refractivity contribution is 9.10. The Labute approximate surface area is 98.4 Å². The number of anilines is 1. The number of urea groups is 1. The van der Waals surface area contributed by atoms with Crippen LogP contribution < -0.4 is 10.6 Å². The van der Waals surface area contributed by atoms with Gasteiger partial charge in [0.15, 0.2) is 0 Å². The van der Waals surface area contributed by atoms with Crippen LogP contribution >= 0.6 is 15.9 Å². The van der Waals surface area contributed by atoms with Gasteiger partial charge in [0.05, 0.1) is 0 Å². The van der Waals surface area contributed by atoms with Crippen molar-refractivity contribution in [2.24, 2.45) is 0 Å². The van der Waals surface area contributed by atoms with Crippen LogP contribution in [0.5, 0.6) is 0 Å². The first-order valence-electron chi connectivity index (χ1n) is 4.94. The van der Waals surface area contributed by atoms with E-state index < -0.39 is 0 Å². The maximum Gasteiger partial charge on any atom is 0.319 e. The molecule has 15 heavy (non-hydrogen) atoms. The van der Waals surface area contributed by atoms with Crippen LogP contribution in [0.25, 0.3) is 0 Å². The SMILES string of the molecule is CCCNC(=O)Nc1cc(C)cc(Br)c1. The van der Waals surface area contributed by atoms with Gasteiger partial charge in [0.2, 0.25) is 0 Å². The van der Waals surface area contributed by atoms with Crippen molar-refractivity contribution in [2.75, 3.05) is 11.9 Å². The molecule has 0 fully saturated rings. The molecule has 2 amide bonds. The molecule has 0 aliphatic rings. The van der Waals surface area contributed by atoms with Crippen molar-refractivity contribution in [3.05, 3.63) is 28.2 Å². The second kappa shape index (κ2) is 5.75. The van der Waals surface area contributed by atoms with E-state index in [9.17, 15) is 4.79 Å². The molecule has 3 nitrogen and oxygen atoms in total. The van der Waals surface area contributed by atoms with Gasteiger partial charge in [-0.15, -0.1) is 0 Å². The Morgan fingerprint density at radius 3 is 2.73 bits per heavy atom. The van der Waals surface area contributed by atoms with Gasteiger partial charge in [-0.1, -0.05) is 22.9 Å². The van der Waals surface area contributed by atoms with Crippen LogP contribution in [-0.2, 0) is 0 Å². The number of nitrogens with one attached hydrogen (secondary N) is 2. The summed E-state index contributed by atoms with van der Waals surface area (Å²) in [7, 11) is 0. The zero-order valence-corrected chi connectivity index (χ0v) is 10.5. The van der Waals surface area contributed by atoms with E-state index in [0.29, 0.717) is 6.54 Å². The minimum Gasteiger partial charge on any atom is -0.338 e. The predicted molar refractivity (Wildman–Crippen MR) is 66.2 cm³/mol. The Bertz CT molecular complexity index is 332. The van der Waals surface area contributed by atoms with Crippen LogP contribution in [0.1, 0.15) is 18.9 Å². The van der Waals surface area contributed by atoms with Crippen molar-refractivity contribution < 1.29 is 4.79 Å². The topological polar surface area (TPSA) is 41.1 Å². The summed E-state index contributed by atoms with van der Waals surface area (Å²) in [6, 6.07) is 5.64. The largest absolute Gasteiger partial charge is 0.338 e. The average Bonchev–Trinajstić information content (AvgIpc) is 2.13. The number of amides is 2. The van der Waals surface area contributed by atoms with Gasteiger partial charge < -0.3 is 10.6 Å². The molecule has 1 aromatic rings.